The monoisotopic (exact) mass is 344 g/mol. The van der Waals surface area contributed by atoms with Crippen molar-refractivity contribution in [3.63, 3.8) is 0 Å². The summed E-state index contributed by atoms with van der Waals surface area (Å²) in [4.78, 5) is 11.8. The SMILES string of the molecule is CCCCc1cc2c(c(O)c1C(=O)O)[C@@H]1C=C(C)CC[C@@H]1C(C)(C)O2. The maximum absolute atomic E-state index is 11.8. The van der Waals surface area contributed by atoms with Gasteiger partial charge in [0.15, 0.2) is 0 Å². The van der Waals surface area contributed by atoms with E-state index >= 15 is 0 Å². The summed E-state index contributed by atoms with van der Waals surface area (Å²) in [6, 6.07) is 1.85. The Morgan fingerprint density at radius 3 is 2.76 bits per heavy atom. The molecule has 0 spiro atoms. The van der Waals surface area contributed by atoms with Crippen LogP contribution in [0, 0.1) is 5.92 Å². The molecule has 25 heavy (non-hydrogen) atoms. The summed E-state index contributed by atoms with van der Waals surface area (Å²) in [5.41, 5.74) is 2.31. The molecule has 0 amide bonds. The Labute approximate surface area is 149 Å². The van der Waals surface area contributed by atoms with Crippen LogP contribution in [0.2, 0.25) is 0 Å². The van der Waals surface area contributed by atoms with Crippen molar-refractivity contribution in [3.8, 4) is 11.5 Å². The van der Waals surface area contributed by atoms with Gasteiger partial charge in [-0.3, -0.25) is 0 Å². The van der Waals surface area contributed by atoms with E-state index in [0.29, 0.717) is 23.3 Å². The van der Waals surface area contributed by atoms with Crippen LogP contribution < -0.4 is 4.74 Å². The number of carboxylic acid groups (broad SMARTS) is 1. The molecule has 0 bridgehead atoms. The van der Waals surface area contributed by atoms with E-state index < -0.39 is 5.97 Å². The summed E-state index contributed by atoms with van der Waals surface area (Å²) in [6.45, 7) is 8.35. The van der Waals surface area contributed by atoms with Crippen LogP contribution in [-0.2, 0) is 6.42 Å². The van der Waals surface area contributed by atoms with Gasteiger partial charge >= 0.3 is 5.97 Å². The van der Waals surface area contributed by atoms with Gasteiger partial charge < -0.3 is 14.9 Å². The lowest BCUT2D eigenvalue weighted by Crippen LogP contribution is -2.45. The van der Waals surface area contributed by atoms with Crippen LogP contribution in [0.1, 0.15) is 80.8 Å². The largest absolute Gasteiger partial charge is 0.507 e. The molecule has 4 heteroatoms. The Morgan fingerprint density at radius 2 is 2.12 bits per heavy atom. The number of aromatic hydroxyl groups is 1. The molecular formula is C21H28O4. The Kier molecular flexibility index (Phi) is 4.56. The number of aryl methyl sites for hydroxylation is 1. The van der Waals surface area contributed by atoms with Crippen molar-refractivity contribution in [3.05, 3.63) is 34.4 Å². The predicted octanol–water partition coefficient (Wildman–Crippen LogP) is 5.04. The van der Waals surface area contributed by atoms with E-state index in [1.165, 1.54) is 5.57 Å². The van der Waals surface area contributed by atoms with Crippen molar-refractivity contribution >= 4 is 5.97 Å². The first-order valence-corrected chi connectivity index (χ1v) is 9.24. The fraction of sp³-hybridized carbons (Fsp3) is 0.571. The van der Waals surface area contributed by atoms with Crippen LogP contribution in [0.4, 0.5) is 0 Å². The minimum absolute atomic E-state index is 0.00539. The minimum Gasteiger partial charge on any atom is -0.507 e. The van der Waals surface area contributed by atoms with E-state index in [0.717, 1.165) is 25.7 Å². The number of aromatic carboxylic acids is 1. The van der Waals surface area contributed by atoms with E-state index in [-0.39, 0.29) is 28.7 Å². The maximum Gasteiger partial charge on any atom is 0.339 e. The molecular weight excluding hydrogens is 316 g/mol. The molecule has 0 radical (unpaired) electrons. The van der Waals surface area contributed by atoms with Gasteiger partial charge in [-0.1, -0.05) is 25.0 Å². The zero-order chi connectivity index (χ0) is 18.4. The zero-order valence-electron chi connectivity index (χ0n) is 15.6. The van der Waals surface area contributed by atoms with Crippen LogP contribution in [0.3, 0.4) is 0 Å². The summed E-state index contributed by atoms with van der Waals surface area (Å²) in [6.07, 6.45) is 6.67. The summed E-state index contributed by atoms with van der Waals surface area (Å²) in [5, 5.41) is 20.6. The third-order valence-electron chi connectivity index (χ3n) is 5.74. The van der Waals surface area contributed by atoms with Crippen LogP contribution in [0.5, 0.6) is 11.5 Å². The lowest BCUT2D eigenvalue weighted by Gasteiger charge is -2.46. The molecule has 0 saturated heterocycles. The van der Waals surface area contributed by atoms with Crippen LogP contribution in [0.15, 0.2) is 17.7 Å². The summed E-state index contributed by atoms with van der Waals surface area (Å²) < 4.78 is 6.28. The van der Waals surface area contributed by atoms with Gasteiger partial charge in [0.25, 0.3) is 0 Å². The second-order valence-corrected chi connectivity index (χ2v) is 7.97. The summed E-state index contributed by atoms with van der Waals surface area (Å²) in [5.74, 6) is -0.286. The van der Waals surface area contributed by atoms with Gasteiger partial charge in [-0.2, -0.15) is 0 Å². The zero-order valence-corrected chi connectivity index (χ0v) is 15.6. The number of allylic oxidation sites excluding steroid dienone is 2. The lowest BCUT2D eigenvalue weighted by molar-refractivity contribution is 0.0106. The lowest BCUT2D eigenvalue weighted by atomic mass is 9.67. The second-order valence-electron chi connectivity index (χ2n) is 7.97. The molecule has 2 aliphatic rings. The normalized spacial score (nSPS) is 23.9. The van der Waals surface area contributed by atoms with Gasteiger partial charge in [0, 0.05) is 17.4 Å². The van der Waals surface area contributed by atoms with E-state index in [1.54, 1.807) is 0 Å². The second kappa shape index (κ2) is 6.40. The first kappa shape index (κ1) is 17.8. The number of carboxylic acids is 1. The van der Waals surface area contributed by atoms with E-state index in [9.17, 15) is 15.0 Å². The van der Waals surface area contributed by atoms with Crippen LogP contribution >= 0.6 is 0 Å². The Morgan fingerprint density at radius 1 is 1.40 bits per heavy atom. The maximum atomic E-state index is 11.8. The van der Waals surface area contributed by atoms with Gasteiger partial charge in [0.1, 0.15) is 22.7 Å². The Hall–Kier alpha value is -1.97. The molecule has 1 aromatic rings. The molecule has 4 nitrogen and oxygen atoms in total. The number of carbonyl (C=O) groups is 1. The average Bonchev–Trinajstić information content (AvgIpc) is 2.51. The van der Waals surface area contributed by atoms with Gasteiger partial charge in [0.05, 0.1) is 0 Å². The molecule has 1 heterocycles. The Bertz CT molecular complexity index is 730. The van der Waals surface area contributed by atoms with E-state index in [2.05, 4.69) is 33.8 Å². The topological polar surface area (TPSA) is 66.8 Å². The quantitative estimate of drug-likeness (QED) is 0.751. The fourth-order valence-electron chi connectivity index (χ4n) is 4.41. The number of hydrogen-bond donors (Lipinski definition) is 2. The fourth-order valence-corrected chi connectivity index (χ4v) is 4.41. The highest BCUT2D eigenvalue weighted by molar-refractivity contribution is 5.94. The standard InChI is InChI=1S/C21H28O4/c1-5-6-7-13-11-16-18(19(22)17(13)20(23)24)14-10-12(2)8-9-15(14)21(3,4)25-16/h10-11,14-15,22H,5-9H2,1-4H3,(H,23,24)/t14-,15+/m1/s1. The van der Waals surface area contributed by atoms with Crippen LogP contribution in [-0.4, -0.2) is 21.8 Å². The van der Waals surface area contributed by atoms with Gasteiger partial charge in [0.2, 0.25) is 0 Å². The van der Waals surface area contributed by atoms with E-state index in [4.69, 9.17) is 4.74 Å². The molecule has 0 fully saturated rings. The number of ether oxygens (including phenoxy) is 1. The van der Waals surface area contributed by atoms with Crippen molar-refractivity contribution in [2.24, 2.45) is 5.92 Å². The molecule has 1 aromatic carbocycles. The van der Waals surface area contributed by atoms with Gasteiger partial charge in [-0.05, 0) is 58.1 Å². The highest BCUT2D eigenvalue weighted by atomic mass is 16.5. The Balaban J connectivity index is 2.21. The molecule has 3 rings (SSSR count). The summed E-state index contributed by atoms with van der Waals surface area (Å²) in [7, 11) is 0. The van der Waals surface area contributed by atoms with Crippen LogP contribution in [0.25, 0.3) is 0 Å². The number of rotatable bonds is 4. The van der Waals surface area contributed by atoms with Gasteiger partial charge in [-0.25, -0.2) is 4.79 Å². The minimum atomic E-state index is -1.07. The molecule has 0 unspecified atom stereocenters. The van der Waals surface area contributed by atoms with Crippen molar-refractivity contribution in [2.45, 2.75) is 71.3 Å². The van der Waals surface area contributed by atoms with Crippen molar-refractivity contribution < 1.29 is 19.7 Å². The number of unbranched alkanes of at least 4 members (excludes halogenated alkanes) is 1. The first-order chi connectivity index (χ1) is 11.8. The molecule has 2 N–H and O–H groups in total. The smallest absolute Gasteiger partial charge is 0.339 e. The third kappa shape index (κ3) is 3.03. The number of hydrogen-bond acceptors (Lipinski definition) is 3. The number of phenols is 1. The predicted molar refractivity (Wildman–Crippen MR) is 97.6 cm³/mol. The van der Waals surface area contributed by atoms with E-state index in [1.807, 2.05) is 6.07 Å². The molecule has 0 saturated carbocycles. The third-order valence-corrected chi connectivity index (χ3v) is 5.74. The molecule has 1 aliphatic heterocycles. The number of fused-ring (bicyclic) bond motifs is 3. The number of benzene rings is 1. The van der Waals surface area contributed by atoms with Crippen molar-refractivity contribution in [1.82, 2.24) is 0 Å². The highest BCUT2D eigenvalue weighted by Crippen LogP contribution is 2.54. The highest BCUT2D eigenvalue weighted by Gasteiger charge is 2.46. The van der Waals surface area contributed by atoms with Gasteiger partial charge in [-0.15, -0.1) is 0 Å². The average molecular weight is 344 g/mol. The molecule has 136 valence electrons. The molecule has 0 aromatic heterocycles. The molecule has 2 atom stereocenters. The van der Waals surface area contributed by atoms with Crippen molar-refractivity contribution in [2.75, 3.05) is 0 Å². The molecule has 1 aliphatic carbocycles. The first-order valence-electron chi connectivity index (χ1n) is 9.24. The van der Waals surface area contributed by atoms with Crippen molar-refractivity contribution in [1.29, 1.82) is 0 Å². The summed E-state index contributed by atoms with van der Waals surface area (Å²) >= 11 is 0.